The molecule has 0 bridgehead atoms. The first kappa shape index (κ1) is 12.4. The Morgan fingerprint density at radius 1 is 1.00 bits per heavy atom. The Bertz CT molecular complexity index is 211. The largest absolute Gasteiger partial charge is 0.324 e. The number of piperidine rings is 1. The third-order valence-electron chi connectivity index (χ3n) is 4.72. The molecule has 16 heavy (non-hydrogen) atoms. The molecule has 2 aliphatic rings. The van der Waals surface area contributed by atoms with Gasteiger partial charge in [0.15, 0.2) is 0 Å². The van der Waals surface area contributed by atoms with Crippen LogP contribution in [-0.4, -0.2) is 29.1 Å². The molecule has 0 radical (unpaired) electrons. The van der Waals surface area contributed by atoms with Crippen molar-refractivity contribution in [3.8, 4) is 0 Å². The number of hydrogen-bond acceptors (Lipinski definition) is 2. The molecular formula is C14H28N2. The highest BCUT2D eigenvalue weighted by Gasteiger charge is 2.34. The maximum atomic E-state index is 6.57. The van der Waals surface area contributed by atoms with Crippen LogP contribution in [-0.2, 0) is 0 Å². The quantitative estimate of drug-likeness (QED) is 0.781. The highest BCUT2D eigenvalue weighted by molar-refractivity contribution is 4.93. The molecule has 2 rings (SSSR count). The van der Waals surface area contributed by atoms with E-state index in [1.807, 2.05) is 0 Å². The maximum Gasteiger partial charge on any atom is 0.0283 e. The summed E-state index contributed by atoms with van der Waals surface area (Å²) < 4.78 is 0. The van der Waals surface area contributed by atoms with Crippen LogP contribution in [0, 0.1) is 0 Å². The first-order valence-electron chi connectivity index (χ1n) is 7.15. The molecule has 2 nitrogen and oxygen atoms in total. The summed E-state index contributed by atoms with van der Waals surface area (Å²) >= 11 is 0. The highest BCUT2D eigenvalue weighted by atomic mass is 15.2. The molecule has 0 spiro atoms. The zero-order valence-electron chi connectivity index (χ0n) is 11.0. The van der Waals surface area contributed by atoms with Gasteiger partial charge in [0.1, 0.15) is 0 Å². The van der Waals surface area contributed by atoms with E-state index in [1.54, 1.807) is 0 Å². The zero-order valence-corrected chi connectivity index (χ0v) is 11.0. The van der Waals surface area contributed by atoms with Gasteiger partial charge in [0.05, 0.1) is 0 Å². The van der Waals surface area contributed by atoms with Crippen LogP contribution in [0.1, 0.15) is 65.2 Å². The number of nitrogens with zero attached hydrogens (tertiary/aromatic N) is 1. The topological polar surface area (TPSA) is 29.3 Å². The summed E-state index contributed by atoms with van der Waals surface area (Å²) in [5.41, 5.74) is 6.70. The fraction of sp³-hybridized carbons (Fsp3) is 1.00. The second-order valence-corrected chi connectivity index (χ2v) is 6.22. The maximum absolute atomic E-state index is 6.57. The molecule has 0 amide bonds. The third-order valence-corrected chi connectivity index (χ3v) is 4.72. The van der Waals surface area contributed by atoms with Gasteiger partial charge in [-0.05, 0) is 39.5 Å². The van der Waals surface area contributed by atoms with Crippen molar-refractivity contribution in [2.24, 2.45) is 5.73 Å². The van der Waals surface area contributed by atoms with Gasteiger partial charge in [-0.3, -0.25) is 4.90 Å². The molecular weight excluding hydrogens is 196 g/mol. The molecule has 1 aliphatic heterocycles. The lowest BCUT2D eigenvalue weighted by atomic mass is 9.81. The van der Waals surface area contributed by atoms with Crippen LogP contribution in [0.5, 0.6) is 0 Å². The van der Waals surface area contributed by atoms with Crippen LogP contribution in [0.2, 0.25) is 0 Å². The van der Waals surface area contributed by atoms with E-state index >= 15 is 0 Å². The molecule has 1 heterocycles. The van der Waals surface area contributed by atoms with Gasteiger partial charge in [0.25, 0.3) is 0 Å². The number of likely N-dealkylation sites (tertiary alicyclic amines) is 1. The Kier molecular flexibility index (Phi) is 3.91. The molecule has 2 unspecified atom stereocenters. The summed E-state index contributed by atoms with van der Waals surface area (Å²) in [6.45, 7) is 5.89. The molecule has 2 atom stereocenters. The van der Waals surface area contributed by atoms with Crippen LogP contribution in [0.3, 0.4) is 0 Å². The Balaban J connectivity index is 1.95. The monoisotopic (exact) mass is 224 g/mol. The zero-order chi connectivity index (χ0) is 11.6. The summed E-state index contributed by atoms with van der Waals surface area (Å²) in [5, 5.41) is 0. The van der Waals surface area contributed by atoms with E-state index in [4.69, 9.17) is 5.73 Å². The van der Waals surface area contributed by atoms with E-state index in [-0.39, 0.29) is 5.54 Å². The lowest BCUT2D eigenvalue weighted by molar-refractivity contribution is 0.0643. The molecule has 94 valence electrons. The molecule has 2 fully saturated rings. The fourth-order valence-electron chi connectivity index (χ4n) is 3.56. The van der Waals surface area contributed by atoms with Gasteiger partial charge in [-0.25, -0.2) is 0 Å². The van der Waals surface area contributed by atoms with Gasteiger partial charge in [0.2, 0.25) is 0 Å². The summed E-state index contributed by atoms with van der Waals surface area (Å²) in [4.78, 5) is 2.68. The van der Waals surface area contributed by atoms with Crippen molar-refractivity contribution in [3.05, 3.63) is 0 Å². The van der Waals surface area contributed by atoms with Gasteiger partial charge in [-0.15, -0.1) is 0 Å². The van der Waals surface area contributed by atoms with E-state index in [0.29, 0.717) is 0 Å². The molecule has 0 aromatic rings. The average molecular weight is 224 g/mol. The van der Waals surface area contributed by atoms with Crippen LogP contribution in [0.15, 0.2) is 0 Å². The van der Waals surface area contributed by atoms with Crippen molar-refractivity contribution in [2.75, 3.05) is 6.54 Å². The van der Waals surface area contributed by atoms with E-state index in [1.165, 1.54) is 51.4 Å². The van der Waals surface area contributed by atoms with Crippen molar-refractivity contribution in [2.45, 2.75) is 82.8 Å². The minimum Gasteiger partial charge on any atom is -0.324 e. The van der Waals surface area contributed by atoms with Gasteiger partial charge in [-0.1, -0.05) is 25.7 Å². The van der Waals surface area contributed by atoms with E-state index in [9.17, 15) is 0 Å². The highest BCUT2D eigenvalue weighted by Crippen LogP contribution is 2.30. The molecule has 2 N–H and O–H groups in total. The predicted octanol–water partition coefficient (Wildman–Crippen LogP) is 2.91. The van der Waals surface area contributed by atoms with Gasteiger partial charge >= 0.3 is 0 Å². The molecule has 0 aromatic carbocycles. The summed E-state index contributed by atoms with van der Waals surface area (Å²) in [6.07, 6.45) is 10.7. The van der Waals surface area contributed by atoms with E-state index < -0.39 is 0 Å². The van der Waals surface area contributed by atoms with Crippen LogP contribution in [0.4, 0.5) is 0 Å². The summed E-state index contributed by atoms with van der Waals surface area (Å²) in [7, 11) is 0. The van der Waals surface area contributed by atoms with Gasteiger partial charge < -0.3 is 5.73 Å². The lowest BCUT2D eigenvalue weighted by Gasteiger charge is -2.45. The summed E-state index contributed by atoms with van der Waals surface area (Å²) in [5.74, 6) is 0. The van der Waals surface area contributed by atoms with E-state index in [2.05, 4.69) is 18.7 Å². The SMILES string of the molecule is CC1CCCC(C)N1CC1(N)CCCCC1. The fourth-order valence-corrected chi connectivity index (χ4v) is 3.56. The van der Waals surface area contributed by atoms with Crippen molar-refractivity contribution >= 4 is 0 Å². The minimum atomic E-state index is 0.123. The van der Waals surface area contributed by atoms with Crippen LogP contribution >= 0.6 is 0 Å². The second kappa shape index (κ2) is 5.05. The van der Waals surface area contributed by atoms with Crippen molar-refractivity contribution < 1.29 is 0 Å². The number of hydrogen-bond donors (Lipinski definition) is 1. The van der Waals surface area contributed by atoms with Gasteiger partial charge in [-0.2, -0.15) is 0 Å². The minimum absolute atomic E-state index is 0.123. The van der Waals surface area contributed by atoms with Crippen molar-refractivity contribution in [1.82, 2.24) is 4.90 Å². The number of rotatable bonds is 2. The predicted molar refractivity (Wildman–Crippen MR) is 69.5 cm³/mol. The normalized spacial score (nSPS) is 36.2. The third kappa shape index (κ3) is 2.78. The average Bonchev–Trinajstić information content (AvgIpc) is 2.25. The first-order chi connectivity index (χ1) is 7.61. The van der Waals surface area contributed by atoms with Crippen molar-refractivity contribution in [3.63, 3.8) is 0 Å². The standard InChI is InChI=1S/C14H28N2/c1-12-7-6-8-13(2)16(12)11-14(15)9-4-3-5-10-14/h12-13H,3-11,15H2,1-2H3. The number of nitrogens with two attached hydrogens (primary N) is 1. The lowest BCUT2D eigenvalue weighted by Crippen LogP contribution is -2.56. The Morgan fingerprint density at radius 2 is 1.56 bits per heavy atom. The van der Waals surface area contributed by atoms with Crippen LogP contribution < -0.4 is 5.73 Å². The Hall–Kier alpha value is -0.0800. The smallest absolute Gasteiger partial charge is 0.0283 e. The molecule has 1 aliphatic carbocycles. The second-order valence-electron chi connectivity index (χ2n) is 6.22. The van der Waals surface area contributed by atoms with E-state index in [0.717, 1.165) is 18.6 Å². The molecule has 1 saturated carbocycles. The molecule has 1 saturated heterocycles. The molecule has 2 heteroatoms. The Labute approximate surface area is 101 Å². The summed E-state index contributed by atoms with van der Waals surface area (Å²) in [6, 6.07) is 1.48. The van der Waals surface area contributed by atoms with Crippen LogP contribution in [0.25, 0.3) is 0 Å². The molecule has 0 aromatic heterocycles. The first-order valence-corrected chi connectivity index (χ1v) is 7.15. The van der Waals surface area contributed by atoms with Crippen molar-refractivity contribution in [1.29, 1.82) is 0 Å². The van der Waals surface area contributed by atoms with Gasteiger partial charge in [0, 0.05) is 24.2 Å². The Morgan fingerprint density at radius 3 is 2.12 bits per heavy atom.